The molecule has 0 aliphatic rings. The maximum absolute atomic E-state index is 12.5. The summed E-state index contributed by atoms with van der Waals surface area (Å²) in [5.74, 6) is 0.202. The lowest BCUT2D eigenvalue weighted by atomic mass is 10.3. The first-order chi connectivity index (χ1) is 13.0. The van der Waals surface area contributed by atoms with Crippen molar-refractivity contribution in [3.05, 3.63) is 65.3 Å². The number of halogens is 1. The summed E-state index contributed by atoms with van der Waals surface area (Å²) in [4.78, 5) is 24.7. The maximum atomic E-state index is 12.5. The predicted molar refractivity (Wildman–Crippen MR) is 102 cm³/mol. The minimum atomic E-state index is -0.493. The summed E-state index contributed by atoms with van der Waals surface area (Å²) in [6.07, 6.45) is 3.13. The predicted octanol–water partition coefficient (Wildman–Crippen LogP) is 3.72. The normalized spacial score (nSPS) is 10.4. The van der Waals surface area contributed by atoms with E-state index in [1.807, 2.05) is 6.92 Å². The third kappa shape index (κ3) is 4.89. The van der Waals surface area contributed by atoms with Crippen LogP contribution in [0.1, 0.15) is 23.2 Å². The minimum Gasteiger partial charge on any atom is -0.467 e. The van der Waals surface area contributed by atoms with Gasteiger partial charge in [0.1, 0.15) is 5.76 Å². The molecule has 0 saturated heterocycles. The lowest BCUT2D eigenvalue weighted by molar-refractivity contribution is 0.0943. The van der Waals surface area contributed by atoms with Gasteiger partial charge in [0.15, 0.2) is 5.69 Å². The van der Waals surface area contributed by atoms with Crippen LogP contribution in [0, 0.1) is 0 Å². The third-order valence-corrected chi connectivity index (χ3v) is 3.91. The molecule has 0 saturated carbocycles. The zero-order valence-corrected chi connectivity index (χ0v) is 15.3. The highest BCUT2D eigenvalue weighted by Gasteiger charge is 2.18. The number of amides is 3. The van der Waals surface area contributed by atoms with Crippen LogP contribution in [0.25, 0.3) is 0 Å². The van der Waals surface area contributed by atoms with Crippen LogP contribution in [-0.4, -0.2) is 21.7 Å². The Kier molecular flexibility index (Phi) is 5.77. The number of nitrogens with one attached hydrogen (secondary N) is 3. The van der Waals surface area contributed by atoms with E-state index in [0.717, 1.165) is 0 Å². The smallest absolute Gasteiger partial charge is 0.323 e. The lowest BCUT2D eigenvalue weighted by Gasteiger charge is -2.08. The molecule has 8 nitrogen and oxygen atoms in total. The third-order valence-electron chi connectivity index (χ3n) is 3.65. The Hall–Kier alpha value is -3.26. The fourth-order valence-corrected chi connectivity index (χ4v) is 2.45. The monoisotopic (exact) mass is 387 g/mol. The Balaban J connectivity index is 1.68. The van der Waals surface area contributed by atoms with E-state index in [4.69, 9.17) is 16.0 Å². The molecule has 2 aromatic heterocycles. The Labute approximate surface area is 160 Å². The molecular formula is C18H18ClN5O3. The number of anilines is 2. The minimum absolute atomic E-state index is 0.120. The number of aryl methyl sites for hydroxylation is 1. The fourth-order valence-electron chi connectivity index (χ4n) is 2.32. The van der Waals surface area contributed by atoms with Crippen molar-refractivity contribution >= 4 is 34.9 Å². The molecule has 0 bridgehead atoms. The van der Waals surface area contributed by atoms with Crippen molar-refractivity contribution in [3.8, 4) is 0 Å². The van der Waals surface area contributed by atoms with Gasteiger partial charge in [-0.2, -0.15) is 5.10 Å². The summed E-state index contributed by atoms with van der Waals surface area (Å²) in [6, 6.07) is 9.68. The van der Waals surface area contributed by atoms with E-state index in [9.17, 15) is 9.59 Å². The van der Waals surface area contributed by atoms with Crippen molar-refractivity contribution < 1.29 is 14.0 Å². The summed E-state index contributed by atoms with van der Waals surface area (Å²) in [5.41, 5.74) is 0.999. The molecule has 2 heterocycles. The van der Waals surface area contributed by atoms with Gasteiger partial charge in [0.05, 0.1) is 18.5 Å². The van der Waals surface area contributed by atoms with Crippen LogP contribution in [0.2, 0.25) is 5.02 Å². The first kappa shape index (κ1) is 18.5. The Bertz CT molecular complexity index is 919. The second kappa shape index (κ2) is 8.41. The number of benzene rings is 1. The van der Waals surface area contributed by atoms with Crippen LogP contribution < -0.4 is 16.0 Å². The molecule has 9 heteroatoms. The zero-order valence-electron chi connectivity index (χ0n) is 14.5. The molecule has 0 atom stereocenters. The van der Waals surface area contributed by atoms with E-state index in [2.05, 4.69) is 21.0 Å². The number of rotatable bonds is 6. The van der Waals surface area contributed by atoms with E-state index in [1.165, 1.54) is 6.26 Å². The van der Waals surface area contributed by atoms with Gasteiger partial charge in [-0.1, -0.05) is 11.6 Å². The van der Waals surface area contributed by atoms with E-state index >= 15 is 0 Å². The first-order valence-electron chi connectivity index (χ1n) is 8.26. The largest absolute Gasteiger partial charge is 0.467 e. The molecular weight excluding hydrogens is 370 g/mol. The Morgan fingerprint density at radius 3 is 2.63 bits per heavy atom. The van der Waals surface area contributed by atoms with Gasteiger partial charge in [-0.25, -0.2) is 4.79 Å². The van der Waals surface area contributed by atoms with Crippen LogP contribution in [0.15, 0.2) is 53.3 Å². The van der Waals surface area contributed by atoms with Crippen molar-refractivity contribution in [1.82, 2.24) is 15.1 Å². The molecule has 27 heavy (non-hydrogen) atoms. The molecule has 0 spiro atoms. The summed E-state index contributed by atoms with van der Waals surface area (Å²) in [6.45, 7) is 2.66. The number of hydrogen-bond acceptors (Lipinski definition) is 4. The highest BCUT2D eigenvalue weighted by Crippen LogP contribution is 2.17. The van der Waals surface area contributed by atoms with Gasteiger partial charge in [0.2, 0.25) is 0 Å². The van der Waals surface area contributed by atoms with Crippen molar-refractivity contribution in [3.63, 3.8) is 0 Å². The second-order valence-corrected chi connectivity index (χ2v) is 6.03. The van der Waals surface area contributed by atoms with Crippen molar-refractivity contribution in [2.75, 3.05) is 10.6 Å². The van der Waals surface area contributed by atoms with Gasteiger partial charge >= 0.3 is 6.03 Å². The molecule has 3 N–H and O–H groups in total. The van der Waals surface area contributed by atoms with Crippen molar-refractivity contribution in [2.24, 2.45) is 0 Å². The van der Waals surface area contributed by atoms with Gasteiger partial charge in [-0.3, -0.25) is 9.48 Å². The van der Waals surface area contributed by atoms with Gasteiger partial charge in [0.25, 0.3) is 5.91 Å². The molecule has 0 radical (unpaired) electrons. The quantitative estimate of drug-likeness (QED) is 0.599. The number of furan rings is 1. The van der Waals surface area contributed by atoms with Gasteiger partial charge in [-0.15, -0.1) is 0 Å². The topological polar surface area (TPSA) is 101 Å². The average Bonchev–Trinajstić information content (AvgIpc) is 3.31. The molecule has 1 aromatic carbocycles. The summed E-state index contributed by atoms with van der Waals surface area (Å²) in [5, 5.41) is 12.8. The molecule has 0 unspecified atom stereocenters. The van der Waals surface area contributed by atoms with Crippen LogP contribution in [-0.2, 0) is 13.1 Å². The average molecular weight is 388 g/mol. The number of hydrogen-bond donors (Lipinski definition) is 3. The number of carbonyl (C=O) groups is 2. The highest BCUT2D eigenvalue weighted by molar-refractivity contribution is 6.30. The van der Waals surface area contributed by atoms with Gasteiger partial charge in [0, 0.05) is 23.5 Å². The fraction of sp³-hybridized carbons (Fsp3) is 0.167. The molecule has 3 amide bonds. The summed E-state index contributed by atoms with van der Waals surface area (Å²) < 4.78 is 6.76. The maximum Gasteiger partial charge on any atom is 0.323 e. The van der Waals surface area contributed by atoms with Crippen molar-refractivity contribution in [1.29, 1.82) is 0 Å². The number of urea groups is 1. The molecule has 0 aliphatic carbocycles. The zero-order chi connectivity index (χ0) is 19.2. The Morgan fingerprint density at radius 1 is 1.19 bits per heavy atom. The SMILES string of the molecule is CCn1cc(NC(=O)Nc2ccc(Cl)cc2)c(C(=O)NCc2ccco2)n1. The van der Waals surface area contributed by atoms with Crippen molar-refractivity contribution in [2.45, 2.75) is 20.0 Å². The second-order valence-electron chi connectivity index (χ2n) is 5.60. The number of carbonyl (C=O) groups excluding carboxylic acids is 2. The van der Waals surface area contributed by atoms with E-state index in [-0.39, 0.29) is 12.2 Å². The van der Waals surface area contributed by atoms with Gasteiger partial charge in [-0.05, 0) is 43.3 Å². The van der Waals surface area contributed by atoms with Crippen LogP contribution in [0.5, 0.6) is 0 Å². The van der Waals surface area contributed by atoms with Crippen LogP contribution in [0.4, 0.5) is 16.2 Å². The van der Waals surface area contributed by atoms with E-state index < -0.39 is 11.9 Å². The van der Waals surface area contributed by atoms with E-state index in [0.29, 0.717) is 28.7 Å². The molecule has 140 valence electrons. The first-order valence-corrected chi connectivity index (χ1v) is 8.64. The van der Waals surface area contributed by atoms with E-state index in [1.54, 1.807) is 47.3 Å². The van der Waals surface area contributed by atoms with Crippen LogP contribution >= 0.6 is 11.6 Å². The number of aromatic nitrogens is 2. The van der Waals surface area contributed by atoms with Crippen LogP contribution in [0.3, 0.4) is 0 Å². The standard InChI is InChI=1S/C18H18ClN5O3/c1-2-24-11-15(22-18(26)21-13-7-5-12(19)6-8-13)16(23-24)17(25)20-10-14-4-3-9-27-14/h3-9,11H,2,10H2,1H3,(H,20,25)(H2,21,22,26). The molecule has 0 fully saturated rings. The molecule has 3 rings (SSSR count). The molecule has 0 aliphatic heterocycles. The summed E-state index contributed by atoms with van der Waals surface area (Å²) >= 11 is 5.83. The van der Waals surface area contributed by atoms with Gasteiger partial charge < -0.3 is 20.4 Å². The number of nitrogens with zero attached hydrogens (tertiary/aromatic N) is 2. The molecule has 3 aromatic rings. The highest BCUT2D eigenvalue weighted by atomic mass is 35.5. The summed E-state index contributed by atoms with van der Waals surface area (Å²) in [7, 11) is 0. The lowest BCUT2D eigenvalue weighted by Crippen LogP contribution is -2.26. The Morgan fingerprint density at radius 2 is 1.96 bits per heavy atom.